The molecule has 2 aromatic carbocycles. The van der Waals surface area contributed by atoms with Crippen molar-refractivity contribution in [1.29, 1.82) is 0 Å². The number of carbonyl (C=O) groups is 2. The van der Waals surface area contributed by atoms with Crippen LogP contribution in [-0.4, -0.2) is 29.8 Å². The molecule has 1 unspecified atom stereocenters. The third-order valence-corrected chi connectivity index (χ3v) is 7.09. The normalized spacial score (nSPS) is 15.3. The first-order valence-electron chi connectivity index (χ1n) is 11.1. The Morgan fingerprint density at radius 3 is 2.42 bits per heavy atom. The minimum Gasteiger partial charge on any atom is -0.344 e. The van der Waals surface area contributed by atoms with E-state index in [0.717, 1.165) is 22.9 Å². The van der Waals surface area contributed by atoms with Crippen molar-refractivity contribution in [3.63, 3.8) is 0 Å². The van der Waals surface area contributed by atoms with Crippen LogP contribution in [0.1, 0.15) is 52.2 Å². The molecule has 0 aliphatic carbocycles. The number of hydrogen-bond acceptors (Lipinski definition) is 3. The van der Waals surface area contributed by atoms with Gasteiger partial charge in [-0.05, 0) is 54.0 Å². The Kier molecular flexibility index (Phi) is 7.18. The second-order valence-electron chi connectivity index (χ2n) is 8.24. The maximum absolute atomic E-state index is 14.0. The molecule has 0 saturated carbocycles. The quantitative estimate of drug-likeness (QED) is 0.530. The highest BCUT2D eigenvalue weighted by atomic mass is 32.1. The van der Waals surface area contributed by atoms with Crippen LogP contribution in [0.5, 0.6) is 0 Å². The van der Waals surface area contributed by atoms with Crippen LogP contribution in [0, 0.1) is 17.6 Å². The summed E-state index contributed by atoms with van der Waals surface area (Å²) in [6.07, 6.45) is 1.94. The van der Waals surface area contributed by atoms with Crippen LogP contribution in [0.25, 0.3) is 0 Å². The SMILES string of the molecule is CCc1ccc(C(NC(=O)C2CCN(C(=O)c3ccc(F)cc3F)CC2)c2cccs2)cc1. The van der Waals surface area contributed by atoms with E-state index in [4.69, 9.17) is 0 Å². The molecule has 33 heavy (non-hydrogen) atoms. The molecular formula is C26H26F2N2O2S. The number of likely N-dealkylation sites (tertiary alicyclic amines) is 1. The largest absolute Gasteiger partial charge is 0.344 e. The summed E-state index contributed by atoms with van der Waals surface area (Å²) in [5.74, 6) is -2.34. The molecule has 4 nitrogen and oxygen atoms in total. The summed E-state index contributed by atoms with van der Waals surface area (Å²) in [5.41, 5.74) is 2.12. The number of rotatable bonds is 6. The molecule has 0 spiro atoms. The topological polar surface area (TPSA) is 49.4 Å². The van der Waals surface area contributed by atoms with Crippen molar-refractivity contribution in [3.05, 3.63) is 93.2 Å². The molecule has 1 aromatic heterocycles. The maximum atomic E-state index is 14.0. The van der Waals surface area contributed by atoms with Gasteiger partial charge in [0.25, 0.3) is 5.91 Å². The van der Waals surface area contributed by atoms with Crippen LogP contribution in [0.15, 0.2) is 60.0 Å². The molecular weight excluding hydrogens is 442 g/mol. The number of thiophene rings is 1. The number of amides is 2. The molecule has 172 valence electrons. The highest BCUT2D eigenvalue weighted by molar-refractivity contribution is 7.10. The highest BCUT2D eigenvalue weighted by Gasteiger charge is 2.30. The maximum Gasteiger partial charge on any atom is 0.256 e. The molecule has 1 aliphatic rings. The van der Waals surface area contributed by atoms with Crippen LogP contribution in [-0.2, 0) is 11.2 Å². The summed E-state index contributed by atoms with van der Waals surface area (Å²) in [4.78, 5) is 28.4. The van der Waals surface area contributed by atoms with E-state index >= 15 is 0 Å². The lowest BCUT2D eigenvalue weighted by molar-refractivity contribution is -0.126. The molecule has 0 radical (unpaired) electrons. The lowest BCUT2D eigenvalue weighted by Crippen LogP contribution is -2.44. The minimum absolute atomic E-state index is 0.0481. The van der Waals surface area contributed by atoms with E-state index in [1.54, 1.807) is 11.3 Å². The lowest BCUT2D eigenvalue weighted by atomic mass is 9.94. The molecule has 1 saturated heterocycles. The molecule has 1 fully saturated rings. The standard InChI is InChI=1S/C26H26F2N2O2S/c1-2-17-5-7-18(8-6-17)24(23-4-3-15-33-23)29-25(31)19-11-13-30(14-12-19)26(32)21-10-9-20(27)16-22(21)28/h3-10,15-16,19,24H,2,11-14H2,1H3,(H,29,31). The first-order chi connectivity index (χ1) is 16.0. The van der Waals surface area contributed by atoms with Gasteiger partial charge in [-0.2, -0.15) is 0 Å². The number of hydrogen-bond donors (Lipinski definition) is 1. The van der Waals surface area contributed by atoms with Gasteiger partial charge in [0.1, 0.15) is 11.6 Å². The third-order valence-electron chi connectivity index (χ3n) is 6.15. The van der Waals surface area contributed by atoms with Crippen molar-refractivity contribution in [2.24, 2.45) is 5.92 Å². The van der Waals surface area contributed by atoms with Gasteiger partial charge in [0.2, 0.25) is 5.91 Å². The molecule has 2 heterocycles. The van der Waals surface area contributed by atoms with E-state index in [-0.39, 0.29) is 23.4 Å². The fourth-order valence-electron chi connectivity index (χ4n) is 4.16. The fourth-order valence-corrected chi connectivity index (χ4v) is 4.96. The summed E-state index contributed by atoms with van der Waals surface area (Å²) in [5, 5.41) is 5.19. The molecule has 1 N–H and O–H groups in total. The summed E-state index contributed by atoms with van der Waals surface area (Å²) >= 11 is 1.60. The van der Waals surface area contributed by atoms with Crippen molar-refractivity contribution in [3.8, 4) is 0 Å². The number of carbonyl (C=O) groups excluding carboxylic acids is 2. The first kappa shape index (κ1) is 23.1. The second kappa shape index (κ2) is 10.3. The number of nitrogens with one attached hydrogen (secondary N) is 1. The zero-order valence-electron chi connectivity index (χ0n) is 18.4. The van der Waals surface area contributed by atoms with Crippen LogP contribution in [0.3, 0.4) is 0 Å². The number of piperidine rings is 1. The summed E-state index contributed by atoms with van der Waals surface area (Å²) in [6.45, 7) is 2.81. The van der Waals surface area contributed by atoms with Gasteiger partial charge in [-0.1, -0.05) is 37.3 Å². The molecule has 3 aromatic rings. The van der Waals surface area contributed by atoms with E-state index in [9.17, 15) is 18.4 Å². The van der Waals surface area contributed by atoms with E-state index in [1.807, 2.05) is 17.5 Å². The zero-order valence-corrected chi connectivity index (χ0v) is 19.2. The summed E-state index contributed by atoms with van der Waals surface area (Å²) < 4.78 is 27.1. The van der Waals surface area contributed by atoms with E-state index in [1.165, 1.54) is 16.5 Å². The highest BCUT2D eigenvalue weighted by Crippen LogP contribution is 2.28. The van der Waals surface area contributed by atoms with Gasteiger partial charge in [0.05, 0.1) is 11.6 Å². The van der Waals surface area contributed by atoms with Gasteiger partial charge in [-0.15, -0.1) is 11.3 Å². The zero-order chi connectivity index (χ0) is 23.4. The number of benzene rings is 2. The van der Waals surface area contributed by atoms with Crippen molar-refractivity contribution >= 4 is 23.2 Å². The average molecular weight is 469 g/mol. The smallest absolute Gasteiger partial charge is 0.256 e. The Labute approximate surface area is 196 Å². The van der Waals surface area contributed by atoms with Crippen molar-refractivity contribution in [2.75, 3.05) is 13.1 Å². The number of aryl methyl sites for hydroxylation is 1. The van der Waals surface area contributed by atoms with Crippen molar-refractivity contribution in [1.82, 2.24) is 10.2 Å². The monoisotopic (exact) mass is 468 g/mol. The van der Waals surface area contributed by atoms with Crippen molar-refractivity contribution in [2.45, 2.75) is 32.2 Å². The second-order valence-corrected chi connectivity index (χ2v) is 9.22. The predicted molar refractivity (Wildman–Crippen MR) is 125 cm³/mol. The lowest BCUT2D eigenvalue weighted by Gasteiger charge is -2.32. The van der Waals surface area contributed by atoms with Crippen molar-refractivity contribution < 1.29 is 18.4 Å². The molecule has 2 amide bonds. The number of halogens is 2. The Bertz CT molecular complexity index is 1110. The van der Waals surface area contributed by atoms with Gasteiger partial charge < -0.3 is 10.2 Å². The van der Waals surface area contributed by atoms with Crippen LogP contribution in [0.4, 0.5) is 8.78 Å². The third kappa shape index (κ3) is 5.30. The Morgan fingerprint density at radius 2 is 1.82 bits per heavy atom. The Morgan fingerprint density at radius 1 is 1.09 bits per heavy atom. The van der Waals surface area contributed by atoms with Crippen LogP contribution >= 0.6 is 11.3 Å². The van der Waals surface area contributed by atoms with Gasteiger partial charge in [-0.3, -0.25) is 9.59 Å². The fraction of sp³-hybridized carbons (Fsp3) is 0.308. The Hall–Kier alpha value is -3.06. The van der Waals surface area contributed by atoms with E-state index in [0.29, 0.717) is 32.0 Å². The minimum atomic E-state index is -0.868. The molecule has 1 atom stereocenters. The average Bonchev–Trinajstić information content (AvgIpc) is 3.37. The van der Waals surface area contributed by atoms with E-state index < -0.39 is 17.5 Å². The molecule has 0 bridgehead atoms. The molecule has 7 heteroatoms. The van der Waals surface area contributed by atoms with Gasteiger partial charge in [-0.25, -0.2) is 8.78 Å². The first-order valence-corrected chi connectivity index (χ1v) is 12.0. The van der Waals surface area contributed by atoms with Gasteiger partial charge in [0.15, 0.2) is 0 Å². The molecule has 4 rings (SSSR count). The van der Waals surface area contributed by atoms with Gasteiger partial charge >= 0.3 is 0 Å². The molecule has 1 aliphatic heterocycles. The summed E-state index contributed by atoms with van der Waals surface area (Å²) in [6, 6.07) is 15.0. The van der Waals surface area contributed by atoms with E-state index in [2.05, 4.69) is 36.5 Å². The van der Waals surface area contributed by atoms with Crippen LogP contribution in [0.2, 0.25) is 0 Å². The van der Waals surface area contributed by atoms with Gasteiger partial charge in [0, 0.05) is 30.0 Å². The number of nitrogens with zero attached hydrogens (tertiary/aromatic N) is 1. The summed E-state index contributed by atoms with van der Waals surface area (Å²) in [7, 11) is 0. The predicted octanol–water partition coefficient (Wildman–Crippen LogP) is 5.35. The Balaban J connectivity index is 1.41. The van der Waals surface area contributed by atoms with Crippen LogP contribution < -0.4 is 5.32 Å².